The first-order valence-corrected chi connectivity index (χ1v) is 14.5. The van der Waals surface area contributed by atoms with E-state index in [1.54, 1.807) is 24.3 Å². The number of amides is 1. The van der Waals surface area contributed by atoms with Gasteiger partial charge in [0.05, 0.1) is 28.7 Å². The van der Waals surface area contributed by atoms with Gasteiger partial charge in [0.2, 0.25) is 5.91 Å². The van der Waals surface area contributed by atoms with Crippen molar-refractivity contribution in [2.45, 2.75) is 32.6 Å². The van der Waals surface area contributed by atoms with Crippen LogP contribution < -0.4 is 9.64 Å². The number of esters is 3. The van der Waals surface area contributed by atoms with Crippen LogP contribution >= 0.6 is 23.2 Å². The van der Waals surface area contributed by atoms with Crippen LogP contribution in [0, 0.1) is 5.92 Å². The lowest BCUT2D eigenvalue weighted by molar-refractivity contribution is -0.147. The summed E-state index contributed by atoms with van der Waals surface area (Å²) < 4.78 is 15.8. The van der Waals surface area contributed by atoms with Gasteiger partial charge in [-0.2, -0.15) is 0 Å². The Bertz CT molecular complexity index is 1500. The molecule has 0 aromatic heterocycles. The molecule has 0 saturated carbocycles. The summed E-state index contributed by atoms with van der Waals surface area (Å²) in [6.45, 7) is 1.99. The number of carbonyl (C=O) groups excluding carboxylic acids is 5. The second kappa shape index (κ2) is 14.8. The average molecular weight is 626 g/mol. The number of Topliss-reactive ketones (excluding diaryl/α,β-unsaturated/α-hetero) is 1. The molecule has 0 radical (unpaired) electrons. The Balaban J connectivity index is 1.25. The van der Waals surface area contributed by atoms with Crippen LogP contribution in [0.15, 0.2) is 66.7 Å². The lowest BCUT2D eigenvalue weighted by Crippen LogP contribution is -2.27. The minimum absolute atomic E-state index is 0.0635. The van der Waals surface area contributed by atoms with E-state index in [4.69, 9.17) is 37.4 Å². The maximum atomic E-state index is 12.7. The highest BCUT2D eigenvalue weighted by atomic mass is 35.5. The van der Waals surface area contributed by atoms with E-state index in [0.29, 0.717) is 22.9 Å². The molecule has 0 unspecified atom stereocenters. The summed E-state index contributed by atoms with van der Waals surface area (Å²) in [5.41, 5.74) is 1.29. The zero-order valence-electron chi connectivity index (χ0n) is 23.3. The van der Waals surface area contributed by atoms with Crippen molar-refractivity contribution in [1.29, 1.82) is 0 Å². The third-order valence-corrected chi connectivity index (χ3v) is 7.29. The average Bonchev–Trinajstić information content (AvgIpc) is 3.39. The fourth-order valence-electron chi connectivity index (χ4n) is 4.36. The minimum Gasteiger partial charge on any atom is -0.462 e. The van der Waals surface area contributed by atoms with Crippen LogP contribution in [0.3, 0.4) is 0 Å². The minimum atomic E-state index is -0.745. The molecular formula is C32H29Cl2NO8. The van der Waals surface area contributed by atoms with Crippen molar-refractivity contribution in [2.75, 3.05) is 24.7 Å². The summed E-state index contributed by atoms with van der Waals surface area (Å²) >= 11 is 11.9. The molecule has 1 heterocycles. The molecule has 0 spiro atoms. The van der Waals surface area contributed by atoms with Crippen LogP contribution in [-0.4, -0.2) is 49.4 Å². The lowest BCUT2D eigenvalue weighted by atomic mass is 10.1. The third-order valence-electron chi connectivity index (χ3n) is 6.74. The van der Waals surface area contributed by atoms with E-state index in [0.717, 1.165) is 19.3 Å². The monoisotopic (exact) mass is 625 g/mol. The molecule has 0 N–H and O–H groups in total. The number of benzene rings is 3. The Morgan fingerprint density at radius 1 is 0.860 bits per heavy atom. The van der Waals surface area contributed by atoms with Crippen molar-refractivity contribution in [3.63, 3.8) is 0 Å². The molecule has 43 heavy (non-hydrogen) atoms. The standard InChI is InChI=1S/C32H29Cl2NO8/c1-2-3-4-15-41-30(38)21-5-10-24(11-6-21)35-18-22(16-29(35)37)31(39)42-19-28(36)20-7-12-25(13-8-20)43-32(40)26-14-9-23(33)17-27(26)34/h5-14,17,22H,2-4,15-16,18-19H2,1H3/t22-/m1/s1. The molecule has 1 amide bonds. The highest BCUT2D eigenvalue weighted by Crippen LogP contribution is 2.27. The zero-order chi connectivity index (χ0) is 30.9. The summed E-state index contributed by atoms with van der Waals surface area (Å²) in [4.78, 5) is 63.9. The number of unbranched alkanes of at least 4 members (excludes halogenated alkanes) is 2. The van der Waals surface area contributed by atoms with Gasteiger partial charge < -0.3 is 19.1 Å². The van der Waals surface area contributed by atoms with Gasteiger partial charge in [-0.25, -0.2) is 9.59 Å². The third kappa shape index (κ3) is 8.43. The Kier molecular flexibility index (Phi) is 10.9. The predicted molar refractivity (Wildman–Crippen MR) is 160 cm³/mol. The fourth-order valence-corrected chi connectivity index (χ4v) is 4.84. The van der Waals surface area contributed by atoms with Crippen molar-refractivity contribution >= 4 is 58.5 Å². The van der Waals surface area contributed by atoms with Gasteiger partial charge in [-0.1, -0.05) is 43.0 Å². The molecule has 11 heteroatoms. The molecule has 0 aliphatic carbocycles. The van der Waals surface area contributed by atoms with Crippen molar-refractivity contribution in [2.24, 2.45) is 5.92 Å². The highest BCUT2D eigenvalue weighted by molar-refractivity contribution is 6.36. The van der Waals surface area contributed by atoms with Crippen LogP contribution in [-0.2, 0) is 19.1 Å². The van der Waals surface area contributed by atoms with Crippen molar-refractivity contribution in [3.8, 4) is 5.75 Å². The Labute approximate surface area is 258 Å². The van der Waals surface area contributed by atoms with Gasteiger partial charge in [0.15, 0.2) is 12.4 Å². The van der Waals surface area contributed by atoms with Gasteiger partial charge in [-0.3, -0.25) is 14.4 Å². The number of hydrogen-bond acceptors (Lipinski definition) is 8. The van der Waals surface area contributed by atoms with Gasteiger partial charge in [0, 0.05) is 29.2 Å². The largest absolute Gasteiger partial charge is 0.462 e. The number of ether oxygens (including phenoxy) is 3. The molecule has 224 valence electrons. The predicted octanol–water partition coefficient (Wildman–Crippen LogP) is 6.34. The van der Waals surface area contributed by atoms with Crippen molar-refractivity contribution < 1.29 is 38.2 Å². The SMILES string of the molecule is CCCCCOC(=O)c1ccc(N2C[C@H](C(=O)OCC(=O)c3ccc(OC(=O)c4ccc(Cl)cc4Cl)cc3)CC2=O)cc1. The second-order valence-corrected chi connectivity index (χ2v) is 10.7. The van der Waals surface area contributed by atoms with E-state index in [1.165, 1.54) is 47.4 Å². The summed E-state index contributed by atoms with van der Waals surface area (Å²) in [5.74, 6) is -3.08. The topological polar surface area (TPSA) is 116 Å². The van der Waals surface area contributed by atoms with Crippen LogP contribution in [0.4, 0.5) is 5.69 Å². The fraction of sp³-hybridized carbons (Fsp3) is 0.281. The molecule has 4 rings (SSSR count). The summed E-state index contributed by atoms with van der Waals surface area (Å²) in [6.07, 6.45) is 2.75. The summed E-state index contributed by atoms with van der Waals surface area (Å²) in [5, 5.41) is 0.524. The summed E-state index contributed by atoms with van der Waals surface area (Å²) in [7, 11) is 0. The van der Waals surface area contributed by atoms with E-state index in [1.807, 2.05) is 0 Å². The number of ketones is 1. The van der Waals surface area contributed by atoms with Crippen molar-refractivity contribution in [3.05, 3.63) is 93.5 Å². The van der Waals surface area contributed by atoms with Crippen LogP contribution in [0.25, 0.3) is 0 Å². The quantitative estimate of drug-likeness (QED) is 0.0990. The first kappa shape index (κ1) is 31.7. The van der Waals surface area contributed by atoms with E-state index >= 15 is 0 Å². The Morgan fingerprint density at radius 3 is 2.23 bits per heavy atom. The Hall–Kier alpha value is -4.21. The van der Waals surface area contributed by atoms with Crippen molar-refractivity contribution in [1.82, 2.24) is 0 Å². The number of nitrogens with zero attached hydrogens (tertiary/aromatic N) is 1. The van der Waals surface area contributed by atoms with Crippen LogP contribution in [0.2, 0.25) is 10.0 Å². The highest BCUT2D eigenvalue weighted by Gasteiger charge is 2.36. The van der Waals surface area contributed by atoms with Gasteiger partial charge in [-0.05, 0) is 73.2 Å². The number of carbonyl (C=O) groups is 5. The van der Waals surface area contributed by atoms with E-state index in [9.17, 15) is 24.0 Å². The number of halogens is 2. The first-order chi connectivity index (χ1) is 20.7. The number of rotatable bonds is 12. The van der Waals surface area contributed by atoms with Gasteiger partial charge in [0.25, 0.3) is 0 Å². The normalized spacial score (nSPS) is 14.3. The second-order valence-electron chi connectivity index (χ2n) is 9.86. The summed E-state index contributed by atoms with van der Waals surface area (Å²) in [6, 6.07) is 16.5. The molecule has 1 fully saturated rings. The zero-order valence-corrected chi connectivity index (χ0v) is 24.9. The van der Waals surface area contributed by atoms with Gasteiger partial charge in [0.1, 0.15) is 5.75 Å². The first-order valence-electron chi connectivity index (χ1n) is 13.7. The molecule has 1 saturated heterocycles. The van der Waals surface area contributed by atoms with Crippen LogP contribution in [0.5, 0.6) is 5.75 Å². The Morgan fingerprint density at radius 2 is 1.56 bits per heavy atom. The molecule has 1 aliphatic rings. The molecule has 1 atom stereocenters. The molecule has 1 aliphatic heterocycles. The van der Waals surface area contributed by atoms with E-state index in [-0.39, 0.29) is 40.8 Å². The molecule has 0 bridgehead atoms. The maximum Gasteiger partial charge on any atom is 0.345 e. The molecule has 3 aromatic carbocycles. The van der Waals surface area contributed by atoms with E-state index < -0.39 is 36.2 Å². The van der Waals surface area contributed by atoms with Crippen LogP contribution in [0.1, 0.15) is 63.7 Å². The van der Waals surface area contributed by atoms with Gasteiger partial charge in [-0.15, -0.1) is 0 Å². The van der Waals surface area contributed by atoms with E-state index in [2.05, 4.69) is 6.92 Å². The molecular weight excluding hydrogens is 597 g/mol. The number of hydrogen-bond donors (Lipinski definition) is 0. The van der Waals surface area contributed by atoms with Gasteiger partial charge >= 0.3 is 17.9 Å². The maximum absolute atomic E-state index is 12.7. The molecule has 3 aromatic rings. The molecule has 9 nitrogen and oxygen atoms in total. The lowest BCUT2D eigenvalue weighted by Gasteiger charge is -2.17. The number of anilines is 1. The smallest absolute Gasteiger partial charge is 0.345 e.